The number of hydrogen-bond acceptors (Lipinski definition) is 3. The van der Waals surface area contributed by atoms with Crippen LogP contribution in [0.15, 0.2) is 0 Å². The molecular formula is C16H29NO3. The molecule has 1 aliphatic rings. The van der Waals surface area contributed by atoms with Gasteiger partial charge in [-0.05, 0) is 6.42 Å². The summed E-state index contributed by atoms with van der Waals surface area (Å²) in [4.78, 5) is 24.3. The van der Waals surface area contributed by atoms with Crippen LogP contribution in [0.25, 0.3) is 0 Å². The average Bonchev–Trinajstić information content (AvgIpc) is 2.43. The van der Waals surface area contributed by atoms with Crippen LogP contribution in [-0.4, -0.2) is 36.5 Å². The van der Waals surface area contributed by atoms with Gasteiger partial charge in [0, 0.05) is 6.54 Å². The lowest BCUT2D eigenvalue weighted by Crippen LogP contribution is -2.46. The topological polar surface area (TPSA) is 46.6 Å². The summed E-state index contributed by atoms with van der Waals surface area (Å²) in [6, 6.07) is 0. The van der Waals surface area contributed by atoms with Gasteiger partial charge in [-0.3, -0.25) is 14.5 Å². The number of imide groups is 1. The van der Waals surface area contributed by atoms with Gasteiger partial charge in [0.1, 0.15) is 13.2 Å². The Morgan fingerprint density at radius 2 is 1.25 bits per heavy atom. The highest BCUT2D eigenvalue weighted by molar-refractivity contribution is 5.98. The zero-order chi connectivity index (χ0) is 14.6. The monoisotopic (exact) mass is 283 g/mol. The SMILES string of the molecule is CCCCCCCCCCCCN1C(=O)COCC1=O. The van der Waals surface area contributed by atoms with Crippen LogP contribution >= 0.6 is 0 Å². The van der Waals surface area contributed by atoms with Gasteiger partial charge in [0.2, 0.25) is 0 Å². The highest BCUT2D eigenvalue weighted by Gasteiger charge is 2.25. The molecule has 1 saturated heterocycles. The zero-order valence-corrected chi connectivity index (χ0v) is 12.9. The zero-order valence-electron chi connectivity index (χ0n) is 12.9. The minimum atomic E-state index is -0.183. The van der Waals surface area contributed by atoms with E-state index in [-0.39, 0.29) is 25.0 Å². The molecule has 1 heterocycles. The minimum Gasteiger partial charge on any atom is -0.362 e. The van der Waals surface area contributed by atoms with Crippen molar-refractivity contribution in [1.29, 1.82) is 0 Å². The van der Waals surface area contributed by atoms with E-state index in [0.717, 1.165) is 12.8 Å². The highest BCUT2D eigenvalue weighted by Crippen LogP contribution is 2.11. The molecular weight excluding hydrogens is 254 g/mol. The van der Waals surface area contributed by atoms with Gasteiger partial charge in [0.05, 0.1) is 0 Å². The van der Waals surface area contributed by atoms with Crippen molar-refractivity contribution in [3.8, 4) is 0 Å². The van der Waals surface area contributed by atoms with Crippen LogP contribution in [0.2, 0.25) is 0 Å². The molecule has 0 N–H and O–H groups in total. The fourth-order valence-corrected chi connectivity index (χ4v) is 2.53. The third-order valence-electron chi connectivity index (χ3n) is 3.79. The Labute approximate surface area is 122 Å². The van der Waals surface area contributed by atoms with Crippen molar-refractivity contribution in [2.24, 2.45) is 0 Å². The second-order valence-electron chi connectivity index (χ2n) is 5.61. The van der Waals surface area contributed by atoms with E-state index in [1.54, 1.807) is 0 Å². The summed E-state index contributed by atoms with van der Waals surface area (Å²) in [5, 5.41) is 0. The van der Waals surface area contributed by atoms with E-state index in [4.69, 9.17) is 4.74 Å². The third kappa shape index (κ3) is 7.04. The molecule has 0 spiro atoms. The molecule has 2 amide bonds. The smallest absolute Gasteiger partial charge is 0.255 e. The molecule has 0 saturated carbocycles. The number of morpholine rings is 1. The van der Waals surface area contributed by atoms with Crippen LogP contribution in [0.3, 0.4) is 0 Å². The minimum absolute atomic E-state index is 0.0590. The van der Waals surface area contributed by atoms with E-state index in [0.29, 0.717) is 6.54 Å². The first kappa shape index (κ1) is 17.2. The molecule has 0 unspecified atom stereocenters. The van der Waals surface area contributed by atoms with Gasteiger partial charge >= 0.3 is 0 Å². The van der Waals surface area contributed by atoms with Gasteiger partial charge in [-0.2, -0.15) is 0 Å². The summed E-state index contributed by atoms with van der Waals surface area (Å²) >= 11 is 0. The summed E-state index contributed by atoms with van der Waals surface area (Å²) < 4.78 is 4.88. The molecule has 0 radical (unpaired) electrons. The fourth-order valence-electron chi connectivity index (χ4n) is 2.53. The second-order valence-corrected chi connectivity index (χ2v) is 5.61. The summed E-state index contributed by atoms with van der Waals surface area (Å²) in [7, 11) is 0. The summed E-state index contributed by atoms with van der Waals surface area (Å²) in [6.45, 7) is 2.93. The molecule has 20 heavy (non-hydrogen) atoms. The molecule has 1 aliphatic heterocycles. The number of carbonyl (C=O) groups excluding carboxylic acids is 2. The van der Waals surface area contributed by atoms with Gasteiger partial charge in [0.15, 0.2) is 0 Å². The fraction of sp³-hybridized carbons (Fsp3) is 0.875. The number of hydrogen-bond donors (Lipinski definition) is 0. The summed E-state index contributed by atoms with van der Waals surface area (Å²) in [6.07, 6.45) is 12.6. The Balaban J connectivity index is 1.91. The lowest BCUT2D eigenvalue weighted by atomic mass is 10.1. The van der Waals surface area contributed by atoms with Crippen LogP contribution in [0.4, 0.5) is 0 Å². The van der Waals surface area contributed by atoms with E-state index in [1.807, 2.05) is 0 Å². The highest BCUT2D eigenvalue weighted by atomic mass is 16.5. The van der Waals surface area contributed by atoms with Gasteiger partial charge in [-0.25, -0.2) is 0 Å². The van der Waals surface area contributed by atoms with Crippen molar-refractivity contribution in [3.63, 3.8) is 0 Å². The van der Waals surface area contributed by atoms with E-state index in [1.165, 1.54) is 56.3 Å². The van der Waals surface area contributed by atoms with Crippen molar-refractivity contribution in [2.45, 2.75) is 71.1 Å². The molecule has 0 aromatic heterocycles. The lowest BCUT2D eigenvalue weighted by molar-refractivity contribution is -0.158. The van der Waals surface area contributed by atoms with E-state index < -0.39 is 0 Å². The largest absolute Gasteiger partial charge is 0.362 e. The maximum atomic E-state index is 11.5. The van der Waals surface area contributed by atoms with Crippen molar-refractivity contribution >= 4 is 11.8 Å². The number of amides is 2. The Kier molecular flexibility index (Phi) is 9.29. The van der Waals surface area contributed by atoms with Crippen molar-refractivity contribution < 1.29 is 14.3 Å². The van der Waals surface area contributed by atoms with Crippen molar-refractivity contribution in [1.82, 2.24) is 4.90 Å². The number of rotatable bonds is 11. The van der Waals surface area contributed by atoms with Crippen LogP contribution in [0.5, 0.6) is 0 Å². The predicted molar refractivity (Wildman–Crippen MR) is 79.4 cm³/mol. The maximum absolute atomic E-state index is 11.5. The van der Waals surface area contributed by atoms with Crippen LogP contribution in [-0.2, 0) is 14.3 Å². The predicted octanol–water partition coefficient (Wildman–Crippen LogP) is 3.29. The molecule has 116 valence electrons. The number of ether oxygens (including phenoxy) is 1. The molecule has 1 fully saturated rings. The van der Waals surface area contributed by atoms with Crippen LogP contribution in [0, 0.1) is 0 Å². The Morgan fingerprint density at radius 3 is 1.75 bits per heavy atom. The normalized spacial score (nSPS) is 15.9. The Hall–Kier alpha value is -0.900. The standard InChI is InChI=1S/C16H29NO3/c1-2-3-4-5-6-7-8-9-10-11-12-17-15(18)13-20-14-16(17)19/h2-14H2,1H3. The van der Waals surface area contributed by atoms with Crippen molar-refractivity contribution in [2.75, 3.05) is 19.8 Å². The first-order valence-corrected chi connectivity index (χ1v) is 8.16. The van der Waals surface area contributed by atoms with E-state index in [2.05, 4.69) is 6.92 Å². The molecule has 4 nitrogen and oxygen atoms in total. The number of unbranched alkanes of at least 4 members (excludes halogenated alkanes) is 9. The molecule has 4 heteroatoms. The molecule has 0 atom stereocenters. The molecule has 0 aromatic rings. The Bertz CT molecular complexity index is 275. The first-order valence-electron chi connectivity index (χ1n) is 8.16. The third-order valence-corrected chi connectivity index (χ3v) is 3.79. The summed E-state index contributed by atoms with van der Waals surface area (Å²) in [5.41, 5.74) is 0. The first-order chi connectivity index (χ1) is 9.75. The van der Waals surface area contributed by atoms with Gasteiger partial charge in [-0.1, -0.05) is 64.7 Å². The number of nitrogens with zero attached hydrogens (tertiary/aromatic N) is 1. The Morgan fingerprint density at radius 1 is 0.800 bits per heavy atom. The van der Waals surface area contributed by atoms with E-state index in [9.17, 15) is 9.59 Å². The maximum Gasteiger partial charge on any atom is 0.255 e. The van der Waals surface area contributed by atoms with Crippen LogP contribution < -0.4 is 0 Å². The molecule has 0 bridgehead atoms. The van der Waals surface area contributed by atoms with Crippen LogP contribution in [0.1, 0.15) is 71.1 Å². The molecule has 0 aromatic carbocycles. The van der Waals surface area contributed by atoms with Gasteiger partial charge in [-0.15, -0.1) is 0 Å². The molecule has 1 rings (SSSR count). The quantitative estimate of drug-likeness (QED) is 0.432. The van der Waals surface area contributed by atoms with Crippen molar-refractivity contribution in [3.05, 3.63) is 0 Å². The average molecular weight is 283 g/mol. The second kappa shape index (κ2) is 10.8. The van der Waals surface area contributed by atoms with Gasteiger partial charge < -0.3 is 4.74 Å². The molecule has 0 aliphatic carbocycles. The lowest BCUT2D eigenvalue weighted by Gasteiger charge is -2.24. The van der Waals surface area contributed by atoms with Gasteiger partial charge in [0.25, 0.3) is 11.8 Å². The summed E-state index contributed by atoms with van der Waals surface area (Å²) in [5.74, 6) is -0.366. The number of carbonyl (C=O) groups is 2. The van der Waals surface area contributed by atoms with E-state index >= 15 is 0 Å².